The van der Waals surface area contributed by atoms with Crippen LogP contribution in [0.2, 0.25) is 5.02 Å². The number of hydrogen-bond acceptors (Lipinski definition) is 11. The van der Waals surface area contributed by atoms with Gasteiger partial charge in [0.05, 0.1) is 44.6 Å². The van der Waals surface area contributed by atoms with Gasteiger partial charge in [-0.2, -0.15) is 49.6 Å². The summed E-state index contributed by atoms with van der Waals surface area (Å²) < 4.78 is 219. The van der Waals surface area contributed by atoms with E-state index >= 15 is 8.78 Å². The van der Waals surface area contributed by atoms with E-state index in [1.54, 1.807) is 18.9 Å². The van der Waals surface area contributed by atoms with Crippen LogP contribution in [0.4, 0.5) is 49.7 Å². The fourth-order valence-corrected chi connectivity index (χ4v) is 12.3. The predicted octanol–water partition coefficient (Wildman–Crippen LogP) is 10.3. The second kappa shape index (κ2) is 22.7. The molecule has 0 saturated carbocycles. The fourth-order valence-electron chi connectivity index (χ4n) is 10.3. The number of rotatable bonds is 19. The Morgan fingerprint density at radius 3 is 2.12 bits per heavy atom. The quantitative estimate of drug-likeness (QED) is 0.0390. The number of aromatic nitrogens is 5. The van der Waals surface area contributed by atoms with Gasteiger partial charge in [-0.05, 0) is 100 Å². The van der Waals surface area contributed by atoms with Crippen molar-refractivity contribution in [2.45, 2.75) is 121 Å². The summed E-state index contributed by atoms with van der Waals surface area (Å²) in [6.07, 6.45) is -6.75. The lowest BCUT2D eigenvalue weighted by Crippen LogP contribution is -2.40. The van der Waals surface area contributed by atoms with Crippen LogP contribution in [0.25, 0.3) is 22.0 Å². The Kier molecular flexibility index (Phi) is 17.6. The molecule has 0 spiro atoms. The summed E-state index contributed by atoms with van der Waals surface area (Å²) in [7, 11) is -14.0. The zero-order valence-electron chi connectivity index (χ0n) is 45.6. The van der Waals surface area contributed by atoms with Crippen molar-refractivity contribution in [3.63, 3.8) is 0 Å². The van der Waals surface area contributed by atoms with Gasteiger partial charge in [0.15, 0.2) is 21.3 Å². The molecule has 1 aliphatic carbocycles. The maximum absolute atomic E-state index is 15.8. The average Bonchev–Trinajstić information content (AvgIpc) is 1.74. The Hall–Kier alpha value is -6.57. The SMILES string of the molecule is C#C[C@@H]1Cc2c(C(F)(F)F)nn(CC(=O)N[C@@H](Cc3cc(F)cc(F)c3)c3nc(CCC(C)(C)S(C)(=O)=O)ccc3-c3ccc(Cl)c4c(N(C(=O)CC(C)(C)c5c(C)cc(C)cc5OP(=O)(O)O)S(C)(=O)=O)nn(CC(F)(F)F)c34)c2C1(F)F. The molecule has 2 amide bonds. The van der Waals surface area contributed by atoms with Gasteiger partial charge in [-0.1, -0.05) is 49.6 Å². The molecular weight excluding hydrogens is 1220 g/mol. The number of pyridine rings is 1. The van der Waals surface area contributed by atoms with Crippen molar-refractivity contribution in [2.75, 3.05) is 16.8 Å². The molecule has 454 valence electrons. The third kappa shape index (κ3) is 13.9. The Labute approximate surface area is 479 Å². The number of sulfone groups is 1. The Morgan fingerprint density at radius 1 is 0.940 bits per heavy atom. The number of benzene rings is 3. The highest BCUT2D eigenvalue weighted by Gasteiger charge is 2.56. The van der Waals surface area contributed by atoms with Gasteiger partial charge in [0, 0.05) is 52.1 Å². The van der Waals surface area contributed by atoms with Crippen LogP contribution in [0.3, 0.4) is 0 Å². The molecule has 0 unspecified atom stereocenters. The van der Waals surface area contributed by atoms with Crippen LogP contribution in [0.15, 0.2) is 54.6 Å². The maximum Gasteiger partial charge on any atom is 0.524 e. The van der Waals surface area contributed by atoms with Gasteiger partial charge in [0.1, 0.15) is 36.2 Å². The van der Waals surface area contributed by atoms with Gasteiger partial charge in [-0.15, -0.1) is 6.42 Å². The number of sulfonamides is 1. The topological polar surface area (TPSA) is 233 Å². The van der Waals surface area contributed by atoms with Crippen molar-refractivity contribution in [3.05, 3.63) is 122 Å². The van der Waals surface area contributed by atoms with Crippen LogP contribution in [0.5, 0.6) is 5.75 Å². The average molecular weight is 1270 g/mol. The minimum Gasteiger partial charge on any atom is -0.404 e. The first kappa shape index (κ1) is 65.0. The number of halogens is 11. The Bertz CT molecular complexity index is 3950. The normalized spacial score (nSPS) is 15.5. The number of nitrogens with zero attached hydrogens (tertiary/aromatic N) is 6. The first-order valence-electron chi connectivity index (χ1n) is 24.9. The smallest absolute Gasteiger partial charge is 0.404 e. The molecule has 1 aliphatic rings. The summed E-state index contributed by atoms with van der Waals surface area (Å²) in [5, 5.41) is 8.66. The summed E-state index contributed by atoms with van der Waals surface area (Å²) in [5.74, 6) is -11.0. The lowest BCUT2D eigenvalue weighted by Gasteiger charge is -2.31. The van der Waals surface area contributed by atoms with Gasteiger partial charge in [-0.3, -0.25) is 33.7 Å². The highest BCUT2D eigenvalue weighted by atomic mass is 35.5. The minimum atomic E-state index is -5.33. The van der Waals surface area contributed by atoms with Crippen LogP contribution >= 0.6 is 19.4 Å². The number of phosphoric ester groups is 1. The minimum absolute atomic E-state index is 0.000784. The van der Waals surface area contributed by atoms with Crippen molar-refractivity contribution in [1.29, 1.82) is 0 Å². The molecule has 0 bridgehead atoms. The van der Waals surface area contributed by atoms with Crippen LogP contribution in [0, 0.1) is 43.7 Å². The second-order valence-corrected chi connectivity index (χ2v) is 27.7. The molecule has 0 fully saturated rings. The monoisotopic (exact) mass is 1270 g/mol. The predicted molar refractivity (Wildman–Crippen MR) is 288 cm³/mol. The highest BCUT2D eigenvalue weighted by molar-refractivity contribution is 7.93. The van der Waals surface area contributed by atoms with Gasteiger partial charge < -0.3 is 9.84 Å². The van der Waals surface area contributed by atoms with Crippen LogP contribution in [-0.2, 0) is 83.9 Å². The van der Waals surface area contributed by atoms with Gasteiger partial charge >= 0.3 is 26.1 Å². The van der Waals surface area contributed by atoms with Gasteiger partial charge in [0.2, 0.25) is 21.8 Å². The van der Waals surface area contributed by atoms with Gasteiger partial charge in [-0.25, -0.2) is 30.2 Å². The fraction of sp³-hybridized carbons (Fsp3) is 0.415. The first-order chi connectivity index (χ1) is 38.3. The Morgan fingerprint density at radius 2 is 1.56 bits per heavy atom. The second-order valence-electron chi connectivity index (χ2n) is 21.7. The largest absolute Gasteiger partial charge is 0.524 e. The third-order valence-corrected chi connectivity index (χ3v) is 18.1. The molecule has 6 aromatic rings. The molecule has 7 rings (SSSR count). The van der Waals surface area contributed by atoms with E-state index in [0.717, 1.165) is 30.5 Å². The molecule has 3 aromatic heterocycles. The van der Waals surface area contributed by atoms with Crippen molar-refractivity contribution < 1.29 is 89.2 Å². The summed E-state index contributed by atoms with van der Waals surface area (Å²) in [6.45, 7) is 5.19. The summed E-state index contributed by atoms with van der Waals surface area (Å²) >= 11 is 6.80. The molecule has 0 radical (unpaired) electrons. The lowest BCUT2D eigenvalue weighted by atomic mass is 9.78. The van der Waals surface area contributed by atoms with Crippen molar-refractivity contribution >= 4 is 67.8 Å². The molecule has 3 aromatic carbocycles. The number of amides is 2. The zero-order valence-corrected chi connectivity index (χ0v) is 48.9. The number of terminal acetylenes is 1. The molecular formula is C53H53ClF10N7O10PS2. The number of aryl methyl sites for hydroxylation is 3. The molecule has 3 heterocycles. The van der Waals surface area contributed by atoms with E-state index in [9.17, 15) is 75.9 Å². The van der Waals surface area contributed by atoms with E-state index in [-0.39, 0.29) is 60.2 Å². The summed E-state index contributed by atoms with van der Waals surface area (Å²) in [4.78, 5) is 53.4. The molecule has 0 aliphatic heterocycles. The van der Waals surface area contributed by atoms with E-state index in [1.807, 2.05) is 0 Å². The van der Waals surface area contributed by atoms with Gasteiger partial charge in [0.25, 0.3) is 0 Å². The molecule has 17 nitrogen and oxygen atoms in total. The van der Waals surface area contributed by atoms with Crippen molar-refractivity contribution in [2.24, 2.45) is 5.92 Å². The number of alkyl halides is 8. The number of carbonyl (C=O) groups excluding carboxylic acids is 2. The zero-order chi connectivity index (χ0) is 63.0. The number of anilines is 1. The van der Waals surface area contributed by atoms with Crippen molar-refractivity contribution in [3.8, 4) is 29.2 Å². The van der Waals surface area contributed by atoms with E-state index in [0.29, 0.717) is 23.4 Å². The van der Waals surface area contributed by atoms with Crippen molar-refractivity contribution in [1.82, 2.24) is 29.9 Å². The number of nitrogens with one attached hydrogen (secondary N) is 1. The Balaban J connectivity index is 1.48. The highest BCUT2D eigenvalue weighted by Crippen LogP contribution is 2.51. The molecule has 2 atom stereocenters. The number of hydrogen-bond donors (Lipinski definition) is 3. The first-order valence-corrected chi connectivity index (χ1v) is 30.6. The number of fused-ring (bicyclic) bond motifs is 2. The molecule has 3 N–H and O–H groups in total. The summed E-state index contributed by atoms with van der Waals surface area (Å²) in [6, 6.07) is 7.72. The summed E-state index contributed by atoms with van der Waals surface area (Å²) in [5.41, 5.74) is -6.98. The number of phosphoric acid groups is 1. The maximum atomic E-state index is 15.8. The molecule has 84 heavy (non-hydrogen) atoms. The number of carbonyl (C=O) groups is 2. The standard InChI is InChI=1S/C53H53ClF10N7O10PS2/c1-10-30-22-36-46(53(62,63)64)67-69(47(36)52(30,60)61)25-40(72)66-38(21-29-19-31(55)23-32(56)20-29)44-34(12-11-33(65-44)15-16-50(6,7)83(8,77)78)35-13-14-37(54)42-45(35)70(26-51(57,58)59)68-48(42)71(84(9,79)80)41(73)24-49(4,5)43-28(3)17-27(2)18-39(43)81-82(74,75)76/h1,11-14,17-20,23,30,38H,15-16,21-22,24-26H2,2-9H3,(H,66,72)(H2,74,75,76)/t30-,38+/m1/s1. The van der Waals surface area contributed by atoms with Crippen LogP contribution < -0.4 is 14.1 Å². The van der Waals surface area contributed by atoms with E-state index in [4.69, 9.17) is 27.5 Å². The van der Waals surface area contributed by atoms with Crippen LogP contribution in [-0.4, -0.2) is 86.4 Å². The van der Waals surface area contributed by atoms with E-state index < -0.39 is 168 Å². The van der Waals surface area contributed by atoms with E-state index in [2.05, 4.69) is 15.5 Å². The molecule has 0 saturated heterocycles. The third-order valence-electron chi connectivity index (χ3n) is 14.1. The molecule has 31 heteroatoms. The lowest BCUT2D eigenvalue weighted by molar-refractivity contribution is -0.143. The van der Waals surface area contributed by atoms with Crippen LogP contribution in [0.1, 0.15) is 97.2 Å². The van der Waals surface area contributed by atoms with E-state index in [1.165, 1.54) is 52.8 Å².